The van der Waals surface area contributed by atoms with Crippen LogP contribution >= 0.6 is 15.9 Å². The third kappa shape index (κ3) is 7.89. The monoisotopic (exact) mass is 436 g/mol. The number of aliphatic hydroxyl groups is 1. The largest absolute Gasteiger partial charge is 0.490 e. The van der Waals surface area contributed by atoms with E-state index in [-0.39, 0.29) is 6.10 Å². The molecule has 0 aliphatic carbocycles. The lowest BCUT2D eigenvalue weighted by Gasteiger charge is -2.16. The zero-order valence-electron chi connectivity index (χ0n) is 16.0. The van der Waals surface area contributed by atoms with Crippen LogP contribution in [-0.4, -0.2) is 37.5 Å². The second-order valence-corrected chi connectivity index (χ2v) is 7.20. The van der Waals surface area contributed by atoms with Gasteiger partial charge < -0.3 is 25.2 Å². The molecule has 0 heterocycles. The highest BCUT2D eigenvalue weighted by Gasteiger charge is 2.12. The minimum absolute atomic E-state index is 0.321. The van der Waals surface area contributed by atoms with E-state index in [1.54, 1.807) is 6.92 Å². The lowest BCUT2D eigenvalue weighted by atomic mass is 10.2. The summed E-state index contributed by atoms with van der Waals surface area (Å²) < 4.78 is 12.7. The maximum atomic E-state index is 9.23. The minimum atomic E-state index is -0.321. The molecule has 0 radical (unpaired) electrons. The van der Waals surface area contributed by atoms with E-state index in [1.165, 1.54) is 0 Å². The maximum Gasteiger partial charge on any atom is 0.175 e. The molecule has 0 aliphatic heterocycles. The van der Waals surface area contributed by atoms with Crippen molar-refractivity contribution in [2.75, 3.05) is 26.2 Å². The number of benzene rings is 2. The zero-order valence-corrected chi connectivity index (χ0v) is 17.6. The number of rotatable bonds is 12. The van der Waals surface area contributed by atoms with Crippen LogP contribution in [0.4, 0.5) is 0 Å². The van der Waals surface area contributed by atoms with Gasteiger partial charge in [-0.2, -0.15) is 0 Å². The average molecular weight is 437 g/mol. The van der Waals surface area contributed by atoms with Gasteiger partial charge in [0.2, 0.25) is 0 Å². The SMILES string of the molecule is CCOc1cc(CNCCNC[C@H](C)O)cc(Br)c1OCc1ccccc1. The topological polar surface area (TPSA) is 62.8 Å². The molecule has 27 heavy (non-hydrogen) atoms. The highest BCUT2D eigenvalue weighted by atomic mass is 79.9. The molecule has 0 aliphatic rings. The molecular weight excluding hydrogens is 408 g/mol. The van der Waals surface area contributed by atoms with Crippen LogP contribution < -0.4 is 20.1 Å². The van der Waals surface area contributed by atoms with Crippen LogP contribution in [-0.2, 0) is 13.2 Å². The van der Waals surface area contributed by atoms with Crippen molar-refractivity contribution in [3.05, 3.63) is 58.1 Å². The summed E-state index contributed by atoms with van der Waals surface area (Å²) >= 11 is 3.62. The van der Waals surface area contributed by atoms with Crippen molar-refractivity contribution in [3.8, 4) is 11.5 Å². The Morgan fingerprint density at radius 3 is 2.48 bits per heavy atom. The summed E-state index contributed by atoms with van der Waals surface area (Å²) in [6.45, 7) is 7.77. The van der Waals surface area contributed by atoms with Crippen LogP contribution in [0.25, 0.3) is 0 Å². The van der Waals surface area contributed by atoms with Crippen molar-refractivity contribution < 1.29 is 14.6 Å². The van der Waals surface area contributed by atoms with E-state index in [4.69, 9.17) is 9.47 Å². The second kappa shape index (κ2) is 12.0. The van der Waals surface area contributed by atoms with Gasteiger partial charge in [-0.1, -0.05) is 30.3 Å². The van der Waals surface area contributed by atoms with Gasteiger partial charge in [0, 0.05) is 26.2 Å². The van der Waals surface area contributed by atoms with Gasteiger partial charge in [0.15, 0.2) is 11.5 Å². The van der Waals surface area contributed by atoms with E-state index in [1.807, 2.05) is 43.3 Å². The van der Waals surface area contributed by atoms with Crippen molar-refractivity contribution in [2.24, 2.45) is 0 Å². The van der Waals surface area contributed by atoms with Gasteiger partial charge in [-0.15, -0.1) is 0 Å². The third-order valence-corrected chi connectivity index (χ3v) is 4.43. The van der Waals surface area contributed by atoms with Crippen LogP contribution in [0.15, 0.2) is 46.9 Å². The molecular formula is C21H29BrN2O3. The fourth-order valence-corrected chi connectivity index (χ4v) is 3.18. The van der Waals surface area contributed by atoms with E-state index in [0.29, 0.717) is 19.8 Å². The molecule has 0 unspecified atom stereocenters. The number of nitrogens with one attached hydrogen (secondary N) is 2. The van der Waals surface area contributed by atoms with Gasteiger partial charge in [0.25, 0.3) is 0 Å². The lowest BCUT2D eigenvalue weighted by molar-refractivity contribution is 0.191. The van der Waals surface area contributed by atoms with Crippen LogP contribution in [0.3, 0.4) is 0 Å². The molecule has 0 saturated carbocycles. The Balaban J connectivity index is 1.93. The molecule has 1 atom stereocenters. The first-order chi connectivity index (χ1) is 13.1. The summed E-state index contributed by atoms with van der Waals surface area (Å²) in [6.07, 6.45) is -0.321. The van der Waals surface area contributed by atoms with Gasteiger partial charge in [-0.3, -0.25) is 0 Å². The van der Waals surface area contributed by atoms with E-state index < -0.39 is 0 Å². The molecule has 0 amide bonds. The molecule has 0 aromatic heterocycles. The number of hydrogen-bond acceptors (Lipinski definition) is 5. The van der Waals surface area contributed by atoms with Gasteiger partial charge >= 0.3 is 0 Å². The first-order valence-electron chi connectivity index (χ1n) is 9.31. The van der Waals surface area contributed by atoms with Crippen LogP contribution in [0.5, 0.6) is 11.5 Å². The Labute approximate surface area is 170 Å². The van der Waals surface area contributed by atoms with Gasteiger partial charge in [0.05, 0.1) is 17.2 Å². The second-order valence-electron chi connectivity index (χ2n) is 6.34. The van der Waals surface area contributed by atoms with E-state index in [9.17, 15) is 5.11 Å². The van der Waals surface area contributed by atoms with Crippen LogP contribution in [0.1, 0.15) is 25.0 Å². The van der Waals surface area contributed by atoms with Crippen molar-refractivity contribution >= 4 is 15.9 Å². The van der Waals surface area contributed by atoms with Gasteiger partial charge in [-0.05, 0) is 53.0 Å². The van der Waals surface area contributed by atoms with E-state index in [2.05, 4.69) is 32.6 Å². The molecule has 2 rings (SSSR count). The quantitative estimate of drug-likeness (QED) is 0.444. The first kappa shape index (κ1) is 21.7. The molecule has 2 aromatic rings. The molecule has 0 bridgehead atoms. The summed E-state index contributed by atoms with van der Waals surface area (Å²) in [5.74, 6) is 1.47. The Morgan fingerprint density at radius 2 is 1.78 bits per heavy atom. The maximum absolute atomic E-state index is 9.23. The fraction of sp³-hybridized carbons (Fsp3) is 0.429. The third-order valence-electron chi connectivity index (χ3n) is 3.84. The standard InChI is InChI=1S/C21H29BrN2O3/c1-3-26-20-12-18(14-24-10-9-23-13-16(2)25)11-19(22)21(20)27-15-17-7-5-4-6-8-17/h4-8,11-12,16,23-25H,3,9-10,13-15H2,1-2H3/t16-/m0/s1. The van der Waals surface area contributed by atoms with Gasteiger partial charge in [0.1, 0.15) is 6.61 Å². The smallest absolute Gasteiger partial charge is 0.175 e. The summed E-state index contributed by atoms with van der Waals surface area (Å²) in [4.78, 5) is 0. The molecule has 0 spiro atoms. The van der Waals surface area contributed by atoms with Gasteiger partial charge in [-0.25, -0.2) is 0 Å². The first-order valence-corrected chi connectivity index (χ1v) is 10.1. The number of hydrogen-bond donors (Lipinski definition) is 3. The highest BCUT2D eigenvalue weighted by Crippen LogP contribution is 2.37. The Hall–Kier alpha value is -1.60. The minimum Gasteiger partial charge on any atom is -0.490 e. The Morgan fingerprint density at radius 1 is 1.04 bits per heavy atom. The van der Waals surface area contributed by atoms with Crippen molar-refractivity contribution in [3.63, 3.8) is 0 Å². The normalized spacial score (nSPS) is 12.0. The fourth-order valence-electron chi connectivity index (χ4n) is 2.58. The molecule has 0 fully saturated rings. The van der Waals surface area contributed by atoms with Crippen LogP contribution in [0, 0.1) is 0 Å². The predicted octanol–water partition coefficient (Wildman–Crippen LogP) is 3.49. The summed E-state index contributed by atoms with van der Waals surface area (Å²) in [6, 6.07) is 14.1. The number of ether oxygens (including phenoxy) is 2. The highest BCUT2D eigenvalue weighted by molar-refractivity contribution is 9.10. The van der Waals surface area contributed by atoms with Crippen molar-refractivity contribution in [1.29, 1.82) is 0 Å². The lowest BCUT2D eigenvalue weighted by Crippen LogP contribution is -2.31. The molecule has 148 valence electrons. The average Bonchev–Trinajstić information content (AvgIpc) is 2.65. The Kier molecular flexibility index (Phi) is 9.62. The number of aliphatic hydroxyl groups excluding tert-OH is 1. The summed E-state index contributed by atoms with van der Waals surface area (Å²) in [5.41, 5.74) is 2.23. The van der Waals surface area contributed by atoms with E-state index in [0.717, 1.165) is 46.7 Å². The van der Waals surface area contributed by atoms with E-state index >= 15 is 0 Å². The molecule has 2 aromatic carbocycles. The Bertz CT molecular complexity index is 681. The summed E-state index contributed by atoms with van der Waals surface area (Å²) in [5, 5.41) is 15.8. The molecule has 6 heteroatoms. The predicted molar refractivity (Wildman–Crippen MR) is 112 cm³/mol. The van der Waals surface area contributed by atoms with Crippen molar-refractivity contribution in [2.45, 2.75) is 33.1 Å². The molecule has 5 nitrogen and oxygen atoms in total. The number of halogens is 1. The molecule has 0 saturated heterocycles. The van der Waals surface area contributed by atoms with Crippen LogP contribution in [0.2, 0.25) is 0 Å². The molecule has 3 N–H and O–H groups in total. The van der Waals surface area contributed by atoms with Crippen molar-refractivity contribution in [1.82, 2.24) is 10.6 Å². The summed E-state index contributed by atoms with van der Waals surface area (Å²) in [7, 11) is 0. The zero-order chi connectivity index (χ0) is 19.5.